The van der Waals surface area contributed by atoms with Gasteiger partial charge in [-0.15, -0.1) is 0 Å². The fourth-order valence-electron chi connectivity index (χ4n) is 6.17. The van der Waals surface area contributed by atoms with Gasteiger partial charge in [0.05, 0.1) is 64.9 Å². The van der Waals surface area contributed by atoms with Gasteiger partial charge >= 0.3 is 0 Å². The number of nitrogens with one attached hydrogen (secondary N) is 2. The first-order valence-electron chi connectivity index (χ1n) is 16.4. The monoisotopic (exact) mass is 670 g/mol. The van der Waals surface area contributed by atoms with Crippen LogP contribution >= 0.6 is 0 Å². The Labute approximate surface area is 279 Å². The summed E-state index contributed by atoms with van der Waals surface area (Å²) in [6.07, 6.45) is 17.0. The number of aliphatic hydroxyl groups excluding tert-OH is 1. The van der Waals surface area contributed by atoms with Gasteiger partial charge in [0.2, 0.25) is 0 Å². The molecule has 1 aliphatic heterocycles. The fraction of sp³-hybridized carbons (Fsp3) is 0.455. The zero-order chi connectivity index (χ0) is 33.1. The molecule has 1 saturated heterocycles. The lowest BCUT2D eigenvalue weighted by molar-refractivity contribution is -0.109. The number of rotatable bonds is 10. The number of pyridine rings is 1. The third-order valence-electron chi connectivity index (χ3n) is 9.10. The predicted octanol–water partition coefficient (Wildman–Crippen LogP) is 2.97. The molecule has 250 valence electrons. The molecule has 0 spiro atoms. The van der Waals surface area contributed by atoms with Crippen LogP contribution in [-0.4, -0.2) is 95.7 Å². The summed E-state index contributed by atoms with van der Waals surface area (Å²) in [7, 11) is -3.49. The molecule has 0 atom stereocenters. The van der Waals surface area contributed by atoms with Crippen molar-refractivity contribution in [2.75, 3.05) is 30.3 Å². The molecule has 48 heavy (non-hydrogen) atoms. The molecule has 15 heteroatoms. The molecule has 2 saturated carbocycles. The van der Waals surface area contributed by atoms with Gasteiger partial charge in [-0.1, -0.05) is 11.8 Å². The summed E-state index contributed by atoms with van der Waals surface area (Å²) >= 11 is 0. The molecular formula is C33H38N10O4S. The molecule has 0 bridgehead atoms. The van der Waals surface area contributed by atoms with Crippen molar-refractivity contribution in [3.63, 3.8) is 0 Å². The summed E-state index contributed by atoms with van der Waals surface area (Å²) in [4.78, 5) is 26.5. The van der Waals surface area contributed by atoms with Crippen LogP contribution in [0.25, 0.3) is 11.4 Å². The molecule has 14 nitrogen and oxygen atoms in total. The number of piperidine rings is 1. The van der Waals surface area contributed by atoms with Gasteiger partial charge in [-0.25, -0.2) is 23.4 Å². The molecule has 3 aliphatic rings. The Morgan fingerprint density at radius 2 is 1.75 bits per heavy atom. The first kappa shape index (κ1) is 31.9. The molecule has 0 amide bonds. The van der Waals surface area contributed by atoms with Gasteiger partial charge in [-0.2, -0.15) is 14.3 Å². The van der Waals surface area contributed by atoms with Crippen LogP contribution in [0.5, 0.6) is 0 Å². The summed E-state index contributed by atoms with van der Waals surface area (Å²) in [5.41, 5.74) is 2.85. The first-order chi connectivity index (χ1) is 23.3. The highest BCUT2D eigenvalue weighted by molar-refractivity contribution is 7.90. The van der Waals surface area contributed by atoms with Crippen molar-refractivity contribution in [2.24, 2.45) is 0 Å². The van der Waals surface area contributed by atoms with E-state index in [9.17, 15) is 18.3 Å². The van der Waals surface area contributed by atoms with Gasteiger partial charge in [0.25, 0.3) is 10.0 Å². The van der Waals surface area contributed by atoms with E-state index in [2.05, 4.69) is 52.5 Å². The Morgan fingerprint density at radius 1 is 0.938 bits per heavy atom. The second kappa shape index (κ2) is 13.8. The number of aliphatic hydroxyl groups is 1. The normalized spacial score (nSPS) is 20.5. The number of aromatic nitrogens is 7. The lowest BCUT2D eigenvalue weighted by Gasteiger charge is -2.30. The Bertz CT molecular complexity index is 1930. The van der Waals surface area contributed by atoms with Crippen molar-refractivity contribution in [3.05, 3.63) is 60.4 Å². The summed E-state index contributed by atoms with van der Waals surface area (Å²) in [5.74, 6) is 7.90. The standard InChI is InChI=1S/C33H38N10O4S/c44-16-15-41-13-10-27(11-14-41)42-21-23(18-36-42)1-2-24-19-35-32(17-30(24)38-26-3-5-28(45)6-4-26)39-31-9-12-34-33(40-31)25-20-37-43(22-25)48(46,47)29-7-8-29/h9,12,16-22,26-29,45H,3-8,10-11,13-15H2,(H2,34,35,38,39,40). The number of nitrogens with zero attached hydrogens (tertiary/aromatic N) is 8. The van der Waals surface area contributed by atoms with Crippen molar-refractivity contribution >= 4 is 33.6 Å². The number of anilines is 3. The average molecular weight is 671 g/mol. The molecule has 3 N–H and O–H groups in total. The van der Waals surface area contributed by atoms with Crippen molar-refractivity contribution in [1.82, 2.24) is 38.8 Å². The highest BCUT2D eigenvalue weighted by atomic mass is 32.2. The van der Waals surface area contributed by atoms with Crippen LogP contribution in [0.3, 0.4) is 0 Å². The largest absolute Gasteiger partial charge is 0.393 e. The Balaban J connectivity index is 1.09. The minimum atomic E-state index is -3.49. The second-order valence-corrected chi connectivity index (χ2v) is 14.7. The smallest absolute Gasteiger partial charge is 0.256 e. The third kappa shape index (κ3) is 7.40. The fourth-order valence-corrected chi connectivity index (χ4v) is 7.65. The van der Waals surface area contributed by atoms with Crippen LogP contribution in [-0.2, 0) is 14.8 Å². The summed E-state index contributed by atoms with van der Waals surface area (Å²) in [6.45, 7) is 2.22. The van der Waals surface area contributed by atoms with Crippen LogP contribution in [0.2, 0.25) is 0 Å². The molecule has 0 aromatic carbocycles. The van der Waals surface area contributed by atoms with E-state index in [1.54, 1.807) is 24.7 Å². The van der Waals surface area contributed by atoms with Gasteiger partial charge in [0, 0.05) is 43.8 Å². The number of likely N-dealkylation sites (tertiary alicyclic amines) is 1. The molecular weight excluding hydrogens is 632 g/mol. The van der Waals surface area contributed by atoms with Crippen molar-refractivity contribution in [1.29, 1.82) is 0 Å². The van der Waals surface area contributed by atoms with Gasteiger partial charge < -0.3 is 20.5 Å². The number of aldehydes is 1. The zero-order valence-electron chi connectivity index (χ0n) is 26.4. The van der Waals surface area contributed by atoms with E-state index in [4.69, 9.17) is 0 Å². The first-order valence-corrected chi connectivity index (χ1v) is 17.9. The van der Waals surface area contributed by atoms with E-state index >= 15 is 0 Å². The van der Waals surface area contributed by atoms with E-state index in [1.807, 2.05) is 16.9 Å². The van der Waals surface area contributed by atoms with Gasteiger partial charge in [0.1, 0.15) is 17.9 Å². The molecule has 7 rings (SSSR count). The van der Waals surface area contributed by atoms with Crippen LogP contribution in [0, 0.1) is 11.8 Å². The Morgan fingerprint density at radius 3 is 2.52 bits per heavy atom. The van der Waals surface area contributed by atoms with E-state index in [-0.39, 0.29) is 23.4 Å². The average Bonchev–Trinajstić information content (AvgIpc) is 3.65. The number of hydrogen-bond acceptors (Lipinski definition) is 12. The van der Waals surface area contributed by atoms with Crippen LogP contribution < -0.4 is 10.6 Å². The molecule has 3 fully saturated rings. The Kier molecular flexibility index (Phi) is 9.20. The maximum atomic E-state index is 12.6. The quantitative estimate of drug-likeness (QED) is 0.167. The zero-order valence-corrected chi connectivity index (χ0v) is 27.3. The molecule has 2 aliphatic carbocycles. The maximum absolute atomic E-state index is 12.6. The predicted molar refractivity (Wildman–Crippen MR) is 179 cm³/mol. The highest BCUT2D eigenvalue weighted by Crippen LogP contribution is 2.31. The van der Waals surface area contributed by atoms with Crippen LogP contribution in [0.1, 0.15) is 68.5 Å². The molecule has 5 heterocycles. The maximum Gasteiger partial charge on any atom is 0.256 e. The molecule has 0 unspecified atom stereocenters. The molecule has 4 aromatic heterocycles. The molecule has 4 aromatic rings. The SMILES string of the molecule is O=CCN1CCC(n2cc(C#Cc3cnc(Nc4ccnc(-c5cnn(S(=O)(=O)C6CC6)c5)n4)cc3NC3CCC(O)CC3)cn2)CC1. The summed E-state index contributed by atoms with van der Waals surface area (Å²) in [5, 5.41) is 25.2. The topological polar surface area (TPSA) is 173 Å². The summed E-state index contributed by atoms with van der Waals surface area (Å²) in [6, 6.07) is 4.08. The van der Waals surface area contributed by atoms with Crippen molar-refractivity contribution in [2.45, 2.75) is 74.8 Å². The van der Waals surface area contributed by atoms with Crippen LogP contribution in [0.4, 0.5) is 17.3 Å². The molecule has 0 radical (unpaired) electrons. The van der Waals surface area contributed by atoms with Gasteiger partial charge in [-0.05, 0) is 57.4 Å². The lowest BCUT2D eigenvalue weighted by Crippen LogP contribution is -2.35. The third-order valence-corrected chi connectivity index (χ3v) is 11.1. The van der Waals surface area contributed by atoms with Crippen molar-refractivity contribution in [3.8, 4) is 23.2 Å². The summed E-state index contributed by atoms with van der Waals surface area (Å²) < 4.78 is 28.2. The van der Waals surface area contributed by atoms with E-state index < -0.39 is 10.0 Å². The van der Waals surface area contributed by atoms with E-state index in [0.717, 1.165) is 78.8 Å². The second-order valence-electron chi connectivity index (χ2n) is 12.7. The van der Waals surface area contributed by atoms with E-state index in [1.165, 1.54) is 12.4 Å². The lowest BCUT2D eigenvalue weighted by atomic mass is 9.93. The van der Waals surface area contributed by atoms with Gasteiger partial charge in [-0.3, -0.25) is 9.58 Å². The number of carbonyl (C=O) groups is 1. The van der Waals surface area contributed by atoms with Crippen LogP contribution in [0.15, 0.2) is 49.3 Å². The Hall–Kier alpha value is -4.65. The number of carbonyl (C=O) groups excluding carboxylic acids is 1. The number of hydrogen-bond donors (Lipinski definition) is 3. The minimum Gasteiger partial charge on any atom is -0.393 e. The minimum absolute atomic E-state index is 0.186. The highest BCUT2D eigenvalue weighted by Gasteiger charge is 2.37. The van der Waals surface area contributed by atoms with E-state index in [0.29, 0.717) is 42.4 Å². The van der Waals surface area contributed by atoms with Crippen molar-refractivity contribution < 1.29 is 18.3 Å². The van der Waals surface area contributed by atoms with Gasteiger partial charge in [0.15, 0.2) is 5.82 Å².